The lowest BCUT2D eigenvalue weighted by Crippen LogP contribution is -2.37. The molecule has 1 heterocycles. The Morgan fingerprint density at radius 3 is 2.25 bits per heavy atom. The second-order valence-corrected chi connectivity index (χ2v) is 5.63. The number of hydrogen-bond donors (Lipinski definition) is 0. The summed E-state index contributed by atoms with van der Waals surface area (Å²) < 4.78 is 11.2. The number of nitrogens with zero attached hydrogens (tertiary/aromatic N) is 1. The summed E-state index contributed by atoms with van der Waals surface area (Å²) >= 11 is 0. The van der Waals surface area contributed by atoms with Crippen LogP contribution >= 0.6 is 0 Å². The molecule has 0 spiro atoms. The maximum absolute atomic E-state index is 11.2. The Morgan fingerprint density at radius 2 is 1.75 bits per heavy atom. The van der Waals surface area contributed by atoms with E-state index in [4.69, 9.17) is 0 Å². The molecule has 1 aromatic carbocycles. The van der Waals surface area contributed by atoms with E-state index >= 15 is 0 Å². The van der Waals surface area contributed by atoms with Crippen molar-refractivity contribution in [3.05, 3.63) is 29.8 Å². The van der Waals surface area contributed by atoms with Gasteiger partial charge in [0.1, 0.15) is 0 Å². The molecule has 0 unspecified atom stereocenters. The number of Topliss-reactive ketones (excluding diaryl/α,β-unsaturated/α-hetero) is 1. The number of benzene rings is 1. The normalized spacial score (nSPS) is 17.4. The van der Waals surface area contributed by atoms with Crippen LogP contribution in [0.25, 0.3) is 0 Å². The lowest BCUT2D eigenvalue weighted by molar-refractivity contribution is 0.101. The Kier molecular flexibility index (Phi) is 3.39. The molecule has 16 heavy (non-hydrogen) atoms. The maximum atomic E-state index is 11.2. The first-order chi connectivity index (χ1) is 7.66. The second kappa shape index (κ2) is 4.78. The van der Waals surface area contributed by atoms with Gasteiger partial charge in [0.15, 0.2) is 5.78 Å². The predicted molar refractivity (Wildman–Crippen MR) is 66.5 cm³/mol. The van der Waals surface area contributed by atoms with E-state index in [-0.39, 0.29) is 5.78 Å². The van der Waals surface area contributed by atoms with Crippen LogP contribution in [0.3, 0.4) is 0 Å². The van der Waals surface area contributed by atoms with E-state index in [2.05, 4.69) is 4.90 Å². The standard InChI is InChI=1S/C12H15NO2S/c1-10(14)11-2-4-12(5-3-11)13-6-8-16(15)9-7-13/h2-5H,6-9H2,1H3. The highest BCUT2D eigenvalue weighted by Crippen LogP contribution is 2.17. The van der Waals surface area contributed by atoms with Crippen molar-refractivity contribution in [3.63, 3.8) is 0 Å². The van der Waals surface area contributed by atoms with Gasteiger partial charge in [-0.25, -0.2) is 0 Å². The first kappa shape index (κ1) is 11.3. The van der Waals surface area contributed by atoms with Crippen molar-refractivity contribution in [1.82, 2.24) is 0 Å². The molecule has 1 aromatic rings. The van der Waals surface area contributed by atoms with Crippen molar-refractivity contribution >= 4 is 22.3 Å². The summed E-state index contributed by atoms with van der Waals surface area (Å²) in [6.07, 6.45) is 0. The quantitative estimate of drug-likeness (QED) is 0.731. The van der Waals surface area contributed by atoms with Crippen LogP contribution in [0.2, 0.25) is 0 Å². The molecule has 86 valence electrons. The maximum Gasteiger partial charge on any atom is 0.159 e. The van der Waals surface area contributed by atoms with Gasteiger partial charge in [-0.15, -0.1) is 0 Å². The summed E-state index contributed by atoms with van der Waals surface area (Å²) in [5.41, 5.74) is 1.85. The zero-order valence-corrected chi connectivity index (χ0v) is 10.1. The Balaban J connectivity index is 2.10. The molecule has 4 heteroatoms. The van der Waals surface area contributed by atoms with Crippen molar-refractivity contribution in [3.8, 4) is 0 Å². The van der Waals surface area contributed by atoms with Crippen LogP contribution < -0.4 is 4.90 Å². The van der Waals surface area contributed by atoms with E-state index in [0.717, 1.165) is 35.8 Å². The van der Waals surface area contributed by atoms with Gasteiger partial charge in [-0.3, -0.25) is 9.00 Å². The molecule has 0 radical (unpaired) electrons. The second-order valence-electron chi connectivity index (χ2n) is 3.94. The van der Waals surface area contributed by atoms with Crippen molar-refractivity contribution in [2.45, 2.75) is 6.92 Å². The number of ketones is 1. The number of anilines is 1. The van der Waals surface area contributed by atoms with Crippen LogP contribution in [0.5, 0.6) is 0 Å². The molecular weight excluding hydrogens is 222 g/mol. The van der Waals surface area contributed by atoms with Crippen molar-refractivity contribution in [2.75, 3.05) is 29.5 Å². The van der Waals surface area contributed by atoms with Gasteiger partial charge in [0.05, 0.1) is 0 Å². The molecular formula is C12H15NO2S. The lowest BCUT2D eigenvalue weighted by atomic mass is 10.1. The van der Waals surface area contributed by atoms with E-state index in [9.17, 15) is 9.00 Å². The Morgan fingerprint density at radius 1 is 1.19 bits per heavy atom. The van der Waals surface area contributed by atoms with Gasteiger partial charge in [0.25, 0.3) is 0 Å². The van der Waals surface area contributed by atoms with Gasteiger partial charge in [0, 0.05) is 46.6 Å². The first-order valence-electron chi connectivity index (χ1n) is 5.38. The molecule has 0 bridgehead atoms. The zero-order valence-electron chi connectivity index (χ0n) is 9.31. The SMILES string of the molecule is CC(=O)c1ccc(N2CCS(=O)CC2)cc1. The number of carbonyl (C=O) groups excluding carboxylic acids is 1. The third-order valence-corrected chi connectivity index (χ3v) is 4.09. The van der Waals surface area contributed by atoms with Crippen LogP contribution in [0.15, 0.2) is 24.3 Å². The van der Waals surface area contributed by atoms with E-state index in [1.165, 1.54) is 0 Å². The average molecular weight is 237 g/mol. The van der Waals surface area contributed by atoms with Crippen LogP contribution in [0, 0.1) is 0 Å². The summed E-state index contributed by atoms with van der Waals surface area (Å²) in [6, 6.07) is 7.63. The van der Waals surface area contributed by atoms with E-state index in [1.54, 1.807) is 6.92 Å². The minimum atomic E-state index is -0.642. The third kappa shape index (κ3) is 2.50. The Labute approximate surface area is 97.9 Å². The molecule has 0 aliphatic carbocycles. The average Bonchev–Trinajstić information content (AvgIpc) is 2.30. The van der Waals surface area contributed by atoms with E-state index in [1.807, 2.05) is 24.3 Å². The first-order valence-corrected chi connectivity index (χ1v) is 6.86. The van der Waals surface area contributed by atoms with Gasteiger partial charge in [-0.2, -0.15) is 0 Å². The molecule has 2 rings (SSSR count). The largest absolute Gasteiger partial charge is 0.370 e. The Hall–Kier alpha value is -1.16. The van der Waals surface area contributed by atoms with Crippen LogP contribution in [0.4, 0.5) is 5.69 Å². The van der Waals surface area contributed by atoms with Gasteiger partial charge < -0.3 is 4.90 Å². The molecule has 0 aromatic heterocycles. The van der Waals surface area contributed by atoms with Crippen molar-refractivity contribution in [1.29, 1.82) is 0 Å². The lowest BCUT2D eigenvalue weighted by Gasteiger charge is -2.28. The third-order valence-electron chi connectivity index (χ3n) is 2.82. The van der Waals surface area contributed by atoms with Gasteiger partial charge in [-0.05, 0) is 31.2 Å². The molecule has 1 aliphatic heterocycles. The highest BCUT2D eigenvalue weighted by molar-refractivity contribution is 7.85. The number of hydrogen-bond acceptors (Lipinski definition) is 3. The van der Waals surface area contributed by atoms with Crippen LogP contribution in [-0.2, 0) is 10.8 Å². The molecule has 0 amide bonds. The molecule has 3 nitrogen and oxygen atoms in total. The summed E-state index contributed by atoms with van der Waals surface area (Å²) in [4.78, 5) is 13.3. The fourth-order valence-corrected chi connectivity index (χ4v) is 2.86. The summed E-state index contributed by atoms with van der Waals surface area (Å²) in [5, 5.41) is 0. The molecule has 0 atom stereocenters. The van der Waals surface area contributed by atoms with Crippen molar-refractivity contribution < 1.29 is 9.00 Å². The Bertz CT molecular complexity index is 404. The molecule has 0 saturated carbocycles. The van der Waals surface area contributed by atoms with Gasteiger partial charge >= 0.3 is 0 Å². The smallest absolute Gasteiger partial charge is 0.159 e. The van der Waals surface area contributed by atoms with Crippen molar-refractivity contribution in [2.24, 2.45) is 0 Å². The fraction of sp³-hybridized carbons (Fsp3) is 0.417. The molecule has 1 saturated heterocycles. The monoisotopic (exact) mass is 237 g/mol. The summed E-state index contributed by atoms with van der Waals surface area (Å²) in [6.45, 7) is 3.25. The fourth-order valence-electron chi connectivity index (χ4n) is 1.80. The number of rotatable bonds is 2. The minimum absolute atomic E-state index is 0.0892. The summed E-state index contributed by atoms with van der Waals surface area (Å²) in [7, 11) is -0.642. The zero-order chi connectivity index (χ0) is 11.5. The van der Waals surface area contributed by atoms with Crippen LogP contribution in [-0.4, -0.2) is 34.6 Å². The molecule has 1 fully saturated rings. The predicted octanol–water partition coefficient (Wildman–Crippen LogP) is 1.46. The van der Waals surface area contributed by atoms with Crippen LogP contribution in [0.1, 0.15) is 17.3 Å². The highest BCUT2D eigenvalue weighted by Gasteiger charge is 2.15. The van der Waals surface area contributed by atoms with E-state index < -0.39 is 10.8 Å². The topological polar surface area (TPSA) is 37.4 Å². The summed E-state index contributed by atoms with van der Waals surface area (Å²) in [5.74, 6) is 1.58. The highest BCUT2D eigenvalue weighted by atomic mass is 32.2. The minimum Gasteiger partial charge on any atom is -0.370 e. The number of carbonyl (C=O) groups is 1. The van der Waals surface area contributed by atoms with Gasteiger partial charge in [-0.1, -0.05) is 0 Å². The van der Waals surface area contributed by atoms with E-state index in [0.29, 0.717) is 0 Å². The molecule has 1 aliphatic rings. The van der Waals surface area contributed by atoms with Gasteiger partial charge in [0.2, 0.25) is 0 Å². The molecule has 0 N–H and O–H groups in total.